The van der Waals surface area contributed by atoms with Crippen LogP contribution in [0, 0.1) is 0 Å². The first kappa shape index (κ1) is 10.3. The highest BCUT2D eigenvalue weighted by Gasteiger charge is 2.14. The van der Waals surface area contributed by atoms with Crippen LogP contribution in [-0.4, -0.2) is 17.4 Å². The van der Waals surface area contributed by atoms with Gasteiger partial charge in [0, 0.05) is 19.2 Å². The molecule has 0 aromatic heterocycles. The number of carbonyl (C=O) groups is 1. The maximum absolute atomic E-state index is 11.3. The van der Waals surface area contributed by atoms with E-state index in [0.717, 1.165) is 32.2 Å². The van der Waals surface area contributed by atoms with Gasteiger partial charge in [-0.3, -0.25) is 4.79 Å². The van der Waals surface area contributed by atoms with Gasteiger partial charge >= 0.3 is 0 Å². The topological polar surface area (TPSA) is 20.3 Å². The number of amides is 1. The van der Waals surface area contributed by atoms with Crippen LogP contribution in [0.2, 0.25) is 0 Å². The molecule has 2 nitrogen and oxygen atoms in total. The standard InChI is InChI=1S/C11H19NO/c1-2-3-4-6-9-12-10-7-5-8-11(12)13/h6,9H,2-5,7-8,10H2,1H3/b9-6-. The molecule has 1 amide bonds. The van der Waals surface area contributed by atoms with Crippen LogP contribution in [0.15, 0.2) is 12.3 Å². The van der Waals surface area contributed by atoms with Gasteiger partial charge in [0.2, 0.25) is 5.91 Å². The third-order valence-electron chi connectivity index (χ3n) is 2.37. The SMILES string of the molecule is CCCC/C=C\N1CCCCC1=O. The molecule has 0 spiro atoms. The van der Waals surface area contributed by atoms with Crippen molar-refractivity contribution in [1.82, 2.24) is 4.90 Å². The Bertz CT molecular complexity index is 187. The Morgan fingerprint density at radius 1 is 1.46 bits per heavy atom. The predicted molar refractivity (Wildman–Crippen MR) is 54.2 cm³/mol. The van der Waals surface area contributed by atoms with Crippen molar-refractivity contribution in [2.24, 2.45) is 0 Å². The maximum atomic E-state index is 11.3. The Labute approximate surface area is 80.6 Å². The molecule has 1 rings (SSSR count). The van der Waals surface area contributed by atoms with Crippen molar-refractivity contribution in [3.8, 4) is 0 Å². The second-order valence-electron chi connectivity index (χ2n) is 3.57. The molecule has 13 heavy (non-hydrogen) atoms. The molecule has 0 unspecified atom stereocenters. The van der Waals surface area contributed by atoms with E-state index in [4.69, 9.17) is 0 Å². The number of nitrogens with zero attached hydrogens (tertiary/aromatic N) is 1. The van der Waals surface area contributed by atoms with Crippen LogP contribution in [0.1, 0.15) is 45.4 Å². The molecule has 1 heterocycles. The molecule has 0 saturated carbocycles. The summed E-state index contributed by atoms with van der Waals surface area (Å²) >= 11 is 0. The second-order valence-corrected chi connectivity index (χ2v) is 3.57. The minimum atomic E-state index is 0.291. The number of hydrogen-bond acceptors (Lipinski definition) is 1. The lowest BCUT2D eigenvalue weighted by atomic mass is 10.1. The first-order chi connectivity index (χ1) is 6.34. The Balaban J connectivity index is 2.25. The first-order valence-electron chi connectivity index (χ1n) is 5.30. The smallest absolute Gasteiger partial charge is 0.226 e. The highest BCUT2D eigenvalue weighted by atomic mass is 16.2. The summed E-state index contributed by atoms with van der Waals surface area (Å²) in [7, 11) is 0. The molecule has 1 fully saturated rings. The van der Waals surface area contributed by atoms with Crippen molar-refractivity contribution in [3.05, 3.63) is 12.3 Å². The summed E-state index contributed by atoms with van der Waals surface area (Å²) in [6.45, 7) is 3.10. The summed E-state index contributed by atoms with van der Waals surface area (Å²) in [5, 5.41) is 0. The summed E-state index contributed by atoms with van der Waals surface area (Å²) < 4.78 is 0. The van der Waals surface area contributed by atoms with Crippen LogP contribution in [-0.2, 0) is 4.79 Å². The molecule has 74 valence electrons. The Kier molecular flexibility index (Phi) is 4.58. The van der Waals surface area contributed by atoms with Gasteiger partial charge in [0.25, 0.3) is 0 Å². The van der Waals surface area contributed by atoms with Gasteiger partial charge < -0.3 is 4.90 Å². The molecular weight excluding hydrogens is 162 g/mol. The van der Waals surface area contributed by atoms with Crippen LogP contribution < -0.4 is 0 Å². The molecule has 1 aliphatic heterocycles. The van der Waals surface area contributed by atoms with Gasteiger partial charge in [0.15, 0.2) is 0 Å². The third-order valence-corrected chi connectivity index (χ3v) is 2.37. The van der Waals surface area contributed by atoms with Gasteiger partial charge in [-0.05, 0) is 19.3 Å². The highest BCUT2D eigenvalue weighted by Crippen LogP contribution is 2.10. The van der Waals surface area contributed by atoms with Crippen molar-refractivity contribution in [3.63, 3.8) is 0 Å². The monoisotopic (exact) mass is 181 g/mol. The zero-order valence-electron chi connectivity index (χ0n) is 8.46. The van der Waals surface area contributed by atoms with E-state index in [2.05, 4.69) is 13.0 Å². The van der Waals surface area contributed by atoms with Crippen LogP contribution in [0.4, 0.5) is 0 Å². The van der Waals surface area contributed by atoms with E-state index >= 15 is 0 Å². The van der Waals surface area contributed by atoms with Gasteiger partial charge in [-0.25, -0.2) is 0 Å². The summed E-state index contributed by atoms with van der Waals surface area (Å²) in [5.74, 6) is 0.291. The van der Waals surface area contributed by atoms with Gasteiger partial charge in [0.05, 0.1) is 0 Å². The normalized spacial score (nSPS) is 18.5. The Hall–Kier alpha value is -0.790. The largest absolute Gasteiger partial charge is 0.319 e. The van der Waals surface area contributed by atoms with Crippen molar-refractivity contribution in [2.45, 2.75) is 45.4 Å². The van der Waals surface area contributed by atoms with Crippen molar-refractivity contribution < 1.29 is 4.79 Å². The fraction of sp³-hybridized carbons (Fsp3) is 0.727. The van der Waals surface area contributed by atoms with Gasteiger partial charge in [-0.1, -0.05) is 25.8 Å². The Morgan fingerprint density at radius 3 is 3.00 bits per heavy atom. The summed E-state index contributed by atoms with van der Waals surface area (Å²) in [5.41, 5.74) is 0. The summed E-state index contributed by atoms with van der Waals surface area (Å²) in [4.78, 5) is 13.2. The minimum absolute atomic E-state index is 0.291. The average molecular weight is 181 g/mol. The lowest BCUT2D eigenvalue weighted by molar-refractivity contribution is -0.130. The van der Waals surface area contributed by atoms with Crippen LogP contribution in [0.5, 0.6) is 0 Å². The lowest BCUT2D eigenvalue weighted by Crippen LogP contribution is -2.30. The highest BCUT2D eigenvalue weighted by molar-refractivity contribution is 5.77. The van der Waals surface area contributed by atoms with E-state index in [1.165, 1.54) is 12.8 Å². The molecule has 0 aromatic carbocycles. The lowest BCUT2D eigenvalue weighted by Gasteiger charge is -2.22. The molecule has 2 heteroatoms. The molecular formula is C11H19NO. The molecule has 0 radical (unpaired) electrons. The maximum Gasteiger partial charge on any atom is 0.226 e. The second kappa shape index (κ2) is 5.79. The van der Waals surface area contributed by atoms with E-state index in [9.17, 15) is 4.79 Å². The molecule has 0 aromatic rings. The fourth-order valence-corrected chi connectivity index (χ4v) is 1.51. The Morgan fingerprint density at radius 2 is 2.31 bits per heavy atom. The molecule has 1 aliphatic rings. The number of piperidine rings is 1. The van der Waals surface area contributed by atoms with Crippen molar-refractivity contribution >= 4 is 5.91 Å². The quantitative estimate of drug-likeness (QED) is 0.611. The molecule has 0 N–H and O–H groups in total. The van der Waals surface area contributed by atoms with E-state index in [1.807, 2.05) is 11.1 Å². The van der Waals surface area contributed by atoms with Crippen LogP contribution in [0.25, 0.3) is 0 Å². The van der Waals surface area contributed by atoms with Gasteiger partial charge in [0.1, 0.15) is 0 Å². The van der Waals surface area contributed by atoms with Crippen molar-refractivity contribution in [2.75, 3.05) is 6.54 Å². The third kappa shape index (κ3) is 3.62. The molecule has 0 atom stereocenters. The predicted octanol–water partition coefficient (Wildman–Crippen LogP) is 2.70. The van der Waals surface area contributed by atoms with E-state index in [-0.39, 0.29) is 0 Å². The molecule has 1 saturated heterocycles. The summed E-state index contributed by atoms with van der Waals surface area (Å²) in [6.07, 6.45) is 10.6. The van der Waals surface area contributed by atoms with Crippen LogP contribution in [0.3, 0.4) is 0 Å². The van der Waals surface area contributed by atoms with Crippen LogP contribution >= 0.6 is 0 Å². The number of carbonyl (C=O) groups excluding carboxylic acids is 1. The number of likely N-dealkylation sites (tertiary alicyclic amines) is 1. The minimum Gasteiger partial charge on any atom is -0.319 e. The van der Waals surface area contributed by atoms with E-state index < -0.39 is 0 Å². The average Bonchev–Trinajstić information content (AvgIpc) is 2.15. The number of hydrogen-bond donors (Lipinski definition) is 0. The summed E-state index contributed by atoms with van der Waals surface area (Å²) in [6, 6.07) is 0. The molecule has 0 aliphatic carbocycles. The van der Waals surface area contributed by atoms with Gasteiger partial charge in [-0.15, -0.1) is 0 Å². The number of allylic oxidation sites excluding steroid dienone is 1. The fourth-order valence-electron chi connectivity index (χ4n) is 1.51. The molecule has 0 bridgehead atoms. The van der Waals surface area contributed by atoms with Gasteiger partial charge in [-0.2, -0.15) is 0 Å². The zero-order chi connectivity index (χ0) is 9.52. The van der Waals surface area contributed by atoms with Crippen molar-refractivity contribution in [1.29, 1.82) is 0 Å². The number of unbranched alkanes of at least 4 members (excludes halogenated alkanes) is 2. The number of rotatable bonds is 4. The first-order valence-corrected chi connectivity index (χ1v) is 5.30. The zero-order valence-corrected chi connectivity index (χ0v) is 8.46. The van der Waals surface area contributed by atoms with E-state index in [0.29, 0.717) is 5.91 Å². The van der Waals surface area contributed by atoms with E-state index in [1.54, 1.807) is 0 Å².